The molecule has 2 aliphatic carbocycles. The summed E-state index contributed by atoms with van der Waals surface area (Å²) in [4.78, 5) is 23.1. The number of amides is 1. The van der Waals surface area contributed by atoms with Crippen LogP contribution in [-0.4, -0.2) is 17.7 Å². The van der Waals surface area contributed by atoms with Gasteiger partial charge >= 0.3 is 0 Å². The minimum atomic E-state index is -0.174. The lowest BCUT2D eigenvalue weighted by Gasteiger charge is -2.21. The average molecular weight is 251 g/mol. The van der Waals surface area contributed by atoms with Crippen LogP contribution in [-0.2, 0) is 9.59 Å². The van der Waals surface area contributed by atoms with E-state index in [4.69, 9.17) is 0 Å². The molecular weight excluding hydrogens is 226 g/mol. The van der Waals surface area contributed by atoms with Gasteiger partial charge in [0.05, 0.1) is 6.04 Å². The Labute approximate surface area is 110 Å². The topological polar surface area (TPSA) is 46.2 Å². The Kier molecular flexibility index (Phi) is 5.21. The number of nitrogens with one attached hydrogen (secondary N) is 1. The predicted octanol–water partition coefficient (Wildman–Crippen LogP) is 2.97. The first-order valence-corrected chi connectivity index (χ1v) is 7.58. The fraction of sp³-hybridized carbons (Fsp3) is 0.867. The Morgan fingerprint density at radius 3 is 2.56 bits per heavy atom. The van der Waals surface area contributed by atoms with Gasteiger partial charge in [0.15, 0.2) is 5.78 Å². The van der Waals surface area contributed by atoms with Gasteiger partial charge in [0.1, 0.15) is 0 Å². The Morgan fingerprint density at radius 2 is 1.89 bits per heavy atom. The van der Waals surface area contributed by atoms with Gasteiger partial charge in [-0.3, -0.25) is 9.59 Å². The van der Waals surface area contributed by atoms with Crippen LogP contribution in [0.4, 0.5) is 0 Å². The lowest BCUT2D eigenvalue weighted by atomic mass is 9.86. The van der Waals surface area contributed by atoms with E-state index in [2.05, 4.69) is 5.32 Å². The van der Waals surface area contributed by atoms with Crippen LogP contribution in [0.2, 0.25) is 0 Å². The number of hydrogen-bond acceptors (Lipinski definition) is 2. The lowest BCUT2D eigenvalue weighted by molar-refractivity contribution is -0.126. The molecule has 0 saturated heterocycles. The zero-order valence-corrected chi connectivity index (χ0v) is 11.2. The van der Waals surface area contributed by atoms with E-state index in [9.17, 15) is 9.59 Å². The number of carbonyl (C=O) groups excluding carboxylic acids is 2. The van der Waals surface area contributed by atoms with E-state index in [1.807, 2.05) is 0 Å². The first-order chi connectivity index (χ1) is 8.75. The second-order valence-electron chi connectivity index (χ2n) is 5.87. The number of hydrogen-bond donors (Lipinski definition) is 1. The summed E-state index contributed by atoms with van der Waals surface area (Å²) in [5.74, 6) is 1.14. The van der Waals surface area contributed by atoms with E-state index in [1.165, 1.54) is 38.5 Å². The third-order valence-electron chi connectivity index (χ3n) is 4.38. The Hall–Kier alpha value is -0.860. The van der Waals surface area contributed by atoms with Gasteiger partial charge in [-0.2, -0.15) is 0 Å². The van der Waals surface area contributed by atoms with E-state index in [-0.39, 0.29) is 17.7 Å². The average Bonchev–Trinajstić information content (AvgIpc) is 2.76. The van der Waals surface area contributed by atoms with Crippen LogP contribution < -0.4 is 5.32 Å². The quantitative estimate of drug-likeness (QED) is 0.816. The minimum absolute atomic E-state index is 0.0751. The number of carbonyl (C=O) groups is 2. The Balaban J connectivity index is 1.58. The van der Waals surface area contributed by atoms with Crippen LogP contribution in [0.5, 0.6) is 0 Å². The highest BCUT2D eigenvalue weighted by Gasteiger charge is 2.25. The monoisotopic (exact) mass is 251 g/mol. The minimum Gasteiger partial charge on any atom is -0.346 e. The molecule has 2 saturated carbocycles. The van der Waals surface area contributed by atoms with Crippen molar-refractivity contribution in [2.45, 2.75) is 76.7 Å². The highest BCUT2D eigenvalue weighted by molar-refractivity contribution is 5.90. The van der Waals surface area contributed by atoms with Gasteiger partial charge in [0, 0.05) is 12.8 Å². The molecule has 0 spiro atoms. The fourth-order valence-electron chi connectivity index (χ4n) is 3.26. The van der Waals surface area contributed by atoms with E-state index in [1.54, 1.807) is 0 Å². The summed E-state index contributed by atoms with van der Waals surface area (Å²) in [5.41, 5.74) is 0. The normalized spacial score (nSPS) is 25.3. The zero-order valence-electron chi connectivity index (χ0n) is 11.2. The molecule has 0 radical (unpaired) electrons. The third kappa shape index (κ3) is 4.11. The van der Waals surface area contributed by atoms with Gasteiger partial charge in [-0.25, -0.2) is 0 Å². The van der Waals surface area contributed by atoms with Crippen molar-refractivity contribution in [1.29, 1.82) is 0 Å². The largest absolute Gasteiger partial charge is 0.346 e. The molecule has 2 aliphatic rings. The molecule has 0 aromatic heterocycles. The molecule has 0 aliphatic heterocycles. The van der Waals surface area contributed by atoms with Gasteiger partial charge in [0.25, 0.3) is 0 Å². The summed E-state index contributed by atoms with van der Waals surface area (Å²) in [7, 11) is 0. The Bertz CT molecular complexity index is 295. The first kappa shape index (κ1) is 13.6. The van der Waals surface area contributed by atoms with Gasteiger partial charge < -0.3 is 5.32 Å². The van der Waals surface area contributed by atoms with Gasteiger partial charge in [-0.05, 0) is 31.6 Å². The molecule has 0 heterocycles. The highest BCUT2D eigenvalue weighted by atomic mass is 16.2. The molecule has 1 atom stereocenters. The zero-order chi connectivity index (χ0) is 12.8. The summed E-state index contributed by atoms with van der Waals surface area (Å²) in [6.07, 6.45) is 12.0. The molecule has 2 fully saturated rings. The van der Waals surface area contributed by atoms with Gasteiger partial charge in [0.2, 0.25) is 5.91 Å². The second-order valence-corrected chi connectivity index (χ2v) is 5.87. The molecule has 3 nitrogen and oxygen atoms in total. The standard InChI is InChI=1S/C15H25NO2/c17-14-10-5-9-13(14)16-15(18)11-4-8-12-6-2-1-3-7-12/h12-13H,1-11H2,(H,16,18). The van der Waals surface area contributed by atoms with E-state index >= 15 is 0 Å². The van der Waals surface area contributed by atoms with E-state index < -0.39 is 0 Å². The summed E-state index contributed by atoms with van der Waals surface area (Å²) in [6, 6.07) is -0.174. The molecule has 1 N–H and O–H groups in total. The van der Waals surface area contributed by atoms with Gasteiger partial charge in [-0.1, -0.05) is 32.1 Å². The summed E-state index contributed by atoms with van der Waals surface area (Å²) >= 11 is 0. The highest BCUT2D eigenvalue weighted by Crippen LogP contribution is 2.27. The first-order valence-electron chi connectivity index (χ1n) is 7.58. The van der Waals surface area contributed by atoms with Crippen molar-refractivity contribution in [1.82, 2.24) is 5.32 Å². The molecular formula is C15H25NO2. The molecule has 0 bridgehead atoms. The predicted molar refractivity (Wildman–Crippen MR) is 71.2 cm³/mol. The summed E-state index contributed by atoms with van der Waals surface area (Å²) in [6.45, 7) is 0. The molecule has 0 aromatic carbocycles. The maximum atomic E-state index is 11.7. The SMILES string of the molecule is O=C(CCCC1CCCCC1)NC1CCCC1=O. The number of rotatable bonds is 5. The van der Waals surface area contributed by atoms with Crippen molar-refractivity contribution in [2.24, 2.45) is 5.92 Å². The molecule has 102 valence electrons. The van der Waals surface area contributed by atoms with Crippen molar-refractivity contribution < 1.29 is 9.59 Å². The number of ketones is 1. The molecule has 2 rings (SSSR count). The molecule has 18 heavy (non-hydrogen) atoms. The molecule has 1 unspecified atom stereocenters. The third-order valence-corrected chi connectivity index (χ3v) is 4.38. The van der Waals surface area contributed by atoms with Crippen molar-refractivity contribution in [2.75, 3.05) is 0 Å². The van der Waals surface area contributed by atoms with Crippen molar-refractivity contribution >= 4 is 11.7 Å². The van der Waals surface area contributed by atoms with Crippen LogP contribution in [0.3, 0.4) is 0 Å². The van der Waals surface area contributed by atoms with Gasteiger partial charge in [-0.15, -0.1) is 0 Å². The van der Waals surface area contributed by atoms with Crippen LogP contribution in [0.15, 0.2) is 0 Å². The fourth-order valence-corrected chi connectivity index (χ4v) is 3.26. The summed E-state index contributed by atoms with van der Waals surface area (Å²) in [5, 5.41) is 2.88. The van der Waals surface area contributed by atoms with Crippen molar-refractivity contribution in [3.8, 4) is 0 Å². The van der Waals surface area contributed by atoms with Crippen molar-refractivity contribution in [3.05, 3.63) is 0 Å². The second kappa shape index (κ2) is 6.91. The number of Topliss-reactive ketones (excluding diaryl/α,β-unsaturated/α-hetero) is 1. The maximum Gasteiger partial charge on any atom is 0.220 e. The van der Waals surface area contributed by atoms with Crippen LogP contribution in [0, 0.1) is 5.92 Å². The van der Waals surface area contributed by atoms with Crippen LogP contribution in [0.25, 0.3) is 0 Å². The van der Waals surface area contributed by atoms with Crippen LogP contribution in [0.1, 0.15) is 70.6 Å². The lowest BCUT2D eigenvalue weighted by Crippen LogP contribution is -2.37. The molecule has 1 amide bonds. The van der Waals surface area contributed by atoms with E-state index in [0.717, 1.165) is 25.2 Å². The molecule has 0 aromatic rings. The Morgan fingerprint density at radius 1 is 1.11 bits per heavy atom. The van der Waals surface area contributed by atoms with Crippen molar-refractivity contribution in [3.63, 3.8) is 0 Å². The smallest absolute Gasteiger partial charge is 0.220 e. The summed E-state index contributed by atoms with van der Waals surface area (Å²) < 4.78 is 0. The van der Waals surface area contributed by atoms with E-state index in [0.29, 0.717) is 12.8 Å². The maximum absolute atomic E-state index is 11.7. The van der Waals surface area contributed by atoms with Crippen LogP contribution >= 0.6 is 0 Å². The molecule has 3 heteroatoms.